The van der Waals surface area contributed by atoms with E-state index in [1.165, 1.54) is 11.0 Å². The summed E-state index contributed by atoms with van der Waals surface area (Å²) in [6, 6.07) is 6.34. The second-order valence-corrected chi connectivity index (χ2v) is 4.10. The van der Waals surface area contributed by atoms with E-state index < -0.39 is 0 Å². The molecule has 2 rings (SSSR count). The van der Waals surface area contributed by atoms with Gasteiger partial charge in [0, 0.05) is 6.42 Å². The number of hydrogen-bond donors (Lipinski definition) is 0. The lowest BCUT2D eigenvalue weighted by Gasteiger charge is -2.17. The third-order valence-electron chi connectivity index (χ3n) is 2.29. The Morgan fingerprint density at radius 2 is 2.17 bits per heavy atom. The van der Waals surface area contributed by atoms with Gasteiger partial charge in [-0.1, -0.05) is 18.2 Å². The van der Waals surface area contributed by atoms with E-state index in [2.05, 4.69) is 39.9 Å². The van der Waals surface area contributed by atoms with E-state index in [-0.39, 0.29) is 5.60 Å². The number of para-hydroxylation sites is 1. The van der Waals surface area contributed by atoms with E-state index in [0.29, 0.717) is 0 Å². The Morgan fingerprint density at radius 1 is 1.42 bits per heavy atom. The first-order valence-electron chi connectivity index (χ1n) is 4.36. The molecule has 12 heavy (non-hydrogen) atoms. The Balaban J connectivity index is 2.48. The molecule has 1 aliphatic rings. The van der Waals surface area contributed by atoms with Gasteiger partial charge >= 0.3 is 0 Å². The molecule has 0 saturated heterocycles. The third-order valence-corrected chi connectivity index (χ3v) is 2.29. The predicted molar refractivity (Wildman–Crippen MR) is 53.0 cm³/mol. The molecule has 0 N–H and O–H groups in total. The SMILES string of the molecule is Bc1cccc2c1OC(C)(C)C2. The lowest BCUT2D eigenvalue weighted by atomic mass is 9.92. The molecule has 0 radical (unpaired) electrons. The zero-order valence-electron chi connectivity index (χ0n) is 7.85. The number of ether oxygens (including phenoxy) is 1. The summed E-state index contributed by atoms with van der Waals surface area (Å²) in [7, 11) is 2.10. The minimum Gasteiger partial charge on any atom is -0.488 e. The predicted octanol–water partition coefficient (Wildman–Crippen LogP) is 0.659. The van der Waals surface area contributed by atoms with Crippen molar-refractivity contribution in [1.82, 2.24) is 0 Å². The second kappa shape index (κ2) is 2.29. The maximum absolute atomic E-state index is 5.83. The van der Waals surface area contributed by atoms with E-state index in [9.17, 15) is 0 Å². The van der Waals surface area contributed by atoms with Crippen LogP contribution in [0.3, 0.4) is 0 Å². The molecule has 0 atom stereocenters. The molecular weight excluding hydrogens is 147 g/mol. The Hall–Kier alpha value is -0.915. The summed E-state index contributed by atoms with van der Waals surface area (Å²) in [6.07, 6.45) is 1.03. The van der Waals surface area contributed by atoms with Crippen molar-refractivity contribution in [2.75, 3.05) is 0 Å². The summed E-state index contributed by atoms with van der Waals surface area (Å²) in [5, 5.41) is 0. The monoisotopic (exact) mass is 160 g/mol. The van der Waals surface area contributed by atoms with E-state index in [0.717, 1.165) is 12.2 Å². The number of hydrogen-bond acceptors (Lipinski definition) is 1. The van der Waals surface area contributed by atoms with Crippen LogP contribution in [0.1, 0.15) is 19.4 Å². The fourth-order valence-corrected chi connectivity index (χ4v) is 1.77. The van der Waals surface area contributed by atoms with Crippen LogP contribution in [-0.2, 0) is 6.42 Å². The van der Waals surface area contributed by atoms with Gasteiger partial charge in [0.1, 0.15) is 19.2 Å². The van der Waals surface area contributed by atoms with Gasteiger partial charge < -0.3 is 4.74 Å². The fourth-order valence-electron chi connectivity index (χ4n) is 1.77. The van der Waals surface area contributed by atoms with Crippen molar-refractivity contribution in [3.8, 4) is 5.75 Å². The van der Waals surface area contributed by atoms with Crippen LogP contribution >= 0.6 is 0 Å². The second-order valence-electron chi connectivity index (χ2n) is 4.10. The smallest absolute Gasteiger partial charge is 0.144 e. The summed E-state index contributed by atoms with van der Waals surface area (Å²) in [6.45, 7) is 4.26. The van der Waals surface area contributed by atoms with Gasteiger partial charge in [-0.3, -0.25) is 0 Å². The standard InChI is InChI=1S/C10H13BO/c1-10(2)6-7-4-3-5-8(11)9(7)12-10/h3-5H,6,11H2,1-2H3. The minimum absolute atomic E-state index is 0.00551. The number of benzene rings is 1. The minimum atomic E-state index is -0.00551. The van der Waals surface area contributed by atoms with Crippen molar-refractivity contribution in [1.29, 1.82) is 0 Å². The topological polar surface area (TPSA) is 9.23 Å². The van der Waals surface area contributed by atoms with Crippen LogP contribution in [0.25, 0.3) is 0 Å². The highest BCUT2D eigenvalue weighted by molar-refractivity contribution is 6.34. The van der Waals surface area contributed by atoms with E-state index >= 15 is 0 Å². The van der Waals surface area contributed by atoms with E-state index in [1.54, 1.807) is 0 Å². The molecule has 1 heterocycles. The molecule has 1 aromatic rings. The average Bonchev–Trinajstić information content (AvgIpc) is 2.25. The van der Waals surface area contributed by atoms with Crippen LogP contribution in [0.15, 0.2) is 18.2 Å². The van der Waals surface area contributed by atoms with Gasteiger partial charge in [0.15, 0.2) is 0 Å². The number of fused-ring (bicyclic) bond motifs is 1. The van der Waals surface area contributed by atoms with Crippen molar-refractivity contribution in [2.45, 2.75) is 25.9 Å². The van der Waals surface area contributed by atoms with Crippen molar-refractivity contribution in [3.05, 3.63) is 23.8 Å². The molecule has 0 spiro atoms. The maximum atomic E-state index is 5.83. The summed E-state index contributed by atoms with van der Waals surface area (Å²) in [5.74, 6) is 1.10. The molecule has 1 nitrogen and oxygen atoms in total. The third kappa shape index (κ3) is 1.11. The van der Waals surface area contributed by atoms with Crippen LogP contribution in [0.4, 0.5) is 0 Å². The molecule has 0 fully saturated rings. The zero-order valence-corrected chi connectivity index (χ0v) is 7.85. The van der Waals surface area contributed by atoms with Crippen molar-refractivity contribution in [2.24, 2.45) is 0 Å². The van der Waals surface area contributed by atoms with Crippen LogP contribution in [0, 0.1) is 0 Å². The quantitative estimate of drug-likeness (QED) is 0.506. The van der Waals surface area contributed by atoms with Crippen molar-refractivity contribution < 1.29 is 4.74 Å². The Morgan fingerprint density at radius 3 is 2.83 bits per heavy atom. The summed E-state index contributed by atoms with van der Waals surface area (Å²) < 4.78 is 5.83. The Kier molecular flexibility index (Phi) is 1.47. The molecule has 62 valence electrons. The Bertz CT molecular complexity index is 318. The first-order valence-corrected chi connectivity index (χ1v) is 4.36. The highest BCUT2D eigenvalue weighted by atomic mass is 16.5. The molecule has 2 heteroatoms. The molecule has 1 aromatic carbocycles. The number of rotatable bonds is 0. The normalized spacial score (nSPS) is 18.5. The summed E-state index contributed by atoms with van der Waals surface area (Å²) >= 11 is 0. The summed E-state index contributed by atoms with van der Waals surface area (Å²) in [5.41, 5.74) is 2.59. The molecule has 1 aliphatic heterocycles. The van der Waals surface area contributed by atoms with Gasteiger partial charge in [0.05, 0.1) is 0 Å². The van der Waals surface area contributed by atoms with E-state index in [4.69, 9.17) is 4.74 Å². The zero-order chi connectivity index (χ0) is 8.77. The van der Waals surface area contributed by atoms with E-state index in [1.807, 2.05) is 0 Å². The van der Waals surface area contributed by atoms with Crippen LogP contribution < -0.4 is 10.2 Å². The van der Waals surface area contributed by atoms with Crippen molar-refractivity contribution >= 4 is 13.3 Å². The van der Waals surface area contributed by atoms with Crippen molar-refractivity contribution in [3.63, 3.8) is 0 Å². The highest BCUT2D eigenvalue weighted by Gasteiger charge is 2.30. The Labute approximate surface area is 74.2 Å². The van der Waals surface area contributed by atoms with Gasteiger partial charge in [0.2, 0.25) is 0 Å². The molecular formula is C10H13BO. The van der Waals surface area contributed by atoms with Gasteiger partial charge in [-0.2, -0.15) is 0 Å². The molecule has 0 bridgehead atoms. The lowest BCUT2D eigenvalue weighted by molar-refractivity contribution is 0.139. The first kappa shape index (κ1) is 7.72. The highest BCUT2D eigenvalue weighted by Crippen LogP contribution is 2.32. The molecule has 0 aromatic heterocycles. The van der Waals surface area contributed by atoms with Gasteiger partial charge in [-0.25, -0.2) is 0 Å². The maximum Gasteiger partial charge on any atom is 0.144 e. The van der Waals surface area contributed by atoms with Crippen LogP contribution in [-0.4, -0.2) is 13.4 Å². The fraction of sp³-hybridized carbons (Fsp3) is 0.400. The van der Waals surface area contributed by atoms with Gasteiger partial charge in [-0.15, -0.1) is 0 Å². The summed E-state index contributed by atoms with van der Waals surface area (Å²) in [4.78, 5) is 0. The average molecular weight is 160 g/mol. The largest absolute Gasteiger partial charge is 0.488 e. The first-order chi connectivity index (χ1) is 5.58. The molecule has 0 amide bonds. The van der Waals surface area contributed by atoms with Crippen LogP contribution in [0.2, 0.25) is 0 Å². The van der Waals surface area contributed by atoms with Crippen LogP contribution in [0.5, 0.6) is 5.75 Å². The molecule has 0 saturated carbocycles. The molecule has 0 unspecified atom stereocenters. The van der Waals surface area contributed by atoms with Gasteiger partial charge in [-0.05, 0) is 24.9 Å². The van der Waals surface area contributed by atoms with Gasteiger partial charge in [0.25, 0.3) is 0 Å². The molecule has 0 aliphatic carbocycles. The lowest BCUT2D eigenvalue weighted by Crippen LogP contribution is -2.25.